The van der Waals surface area contributed by atoms with Gasteiger partial charge in [0.25, 0.3) is 5.91 Å². The lowest BCUT2D eigenvalue weighted by Crippen LogP contribution is -2.26. The van der Waals surface area contributed by atoms with Gasteiger partial charge in [0.05, 0.1) is 11.3 Å². The molecular weight excluding hydrogens is 350 g/mol. The molecule has 1 aromatic heterocycles. The summed E-state index contributed by atoms with van der Waals surface area (Å²) in [6, 6.07) is 9.34. The molecule has 5 nitrogen and oxygen atoms in total. The Morgan fingerprint density at radius 3 is 2.58 bits per heavy atom. The first kappa shape index (κ1) is 19.8. The fraction of sp³-hybridized carbons (Fsp3) is 0.350. The summed E-state index contributed by atoms with van der Waals surface area (Å²) >= 11 is 1.34. The van der Waals surface area contributed by atoms with Crippen LogP contribution in [0.15, 0.2) is 35.7 Å². The van der Waals surface area contributed by atoms with Crippen LogP contribution in [0, 0.1) is 0 Å². The monoisotopic (exact) mass is 373 g/mol. The van der Waals surface area contributed by atoms with E-state index in [1.807, 2.05) is 37.4 Å². The number of ketones is 1. The van der Waals surface area contributed by atoms with Gasteiger partial charge in [0, 0.05) is 12.1 Å². The molecule has 1 amide bonds. The summed E-state index contributed by atoms with van der Waals surface area (Å²) in [4.78, 5) is 36.5. The lowest BCUT2D eigenvalue weighted by Gasteiger charge is -2.10. The number of rotatable bonds is 9. The van der Waals surface area contributed by atoms with Crippen molar-refractivity contribution in [2.24, 2.45) is 0 Å². The van der Waals surface area contributed by atoms with Gasteiger partial charge in [0.15, 0.2) is 6.61 Å². The number of hydrogen-bond acceptors (Lipinski definition) is 5. The molecule has 1 heterocycles. The second-order valence-electron chi connectivity index (χ2n) is 5.77. The quantitative estimate of drug-likeness (QED) is 0.540. The molecule has 0 unspecified atom stereocenters. The summed E-state index contributed by atoms with van der Waals surface area (Å²) in [7, 11) is 0. The van der Waals surface area contributed by atoms with Crippen LogP contribution in [0.2, 0.25) is 0 Å². The molecule has 0 fully saturated rings. The Labute approximate surface area is 157 Å². The maximum absolute atomic E-state index is 12.4. The Morgan fingerprint density at radius 2 is 1.92 bits per heavy atom. The second-order valence-corrected chi connectivity index (χ2v) is 6.71. The highest BCUT2D eigenvalue weighted by molar-refractivity contribution is 7.12. The van der Waals surface area contributed by atoms with Gasteiger partial charge in [0.2, 0.25) is 5.78 Å². The fourth-order valence-electron chi connectivity index (χ4n) is 2.48. The van der Waals surface area contributed by atoms with Gasteiger partial charge in [-0.3, -0.25) is 14.4 Å². The van der Waals surface area contributed by atoms with Gasteiger partial charge in [-0.1, -0.05) is 32.0 Å². The van der Waals surface area contributed by atoms with E-state index in [0.717, 1.165) is 24.0 Å². The molecule has 6 heteroatoms. The normalized spacial score (nSPS) is 10.4. The van der Waals surface area contributed by atoms with Gasteiger partial charge in [-0.15, -0.1) is 11.3 Å². The van der Waals surface area contributed by atoms with Gasteiger partial charge in [0.1, 0.15) is 0 Å². The molecule has 1 N–H and O–H groups in total. The highest BCUT2D eigenvalue weighted by Crippen LogP contribution is 2.15. The summed E-state index contributed by atoms with van der Waals surface area (Å²) in [6.07, 6.45) is 1.61. The molecule has 0 bridgehead atoms. The summed E-state index contributed by atoms with van der Waals surface area (Å²) in [5.74, 6) is -0.921. The van der Waals surface area contributed by atoms with Crippen molar-refractivity contribution in [1.82, 2.24) is 5.32 Å². The number of carbonyl (C=O) groups is 3. The Kier molecular flexibility index (Phi) is 7.53. The number of amides is 1. The van der Waals surface area contributed by atoms with Crippen molar-refractivity contribution < 1.29 is 19.1 Å². The van der Waals surface area contributed by atoms with Crippen LogP contribution in [-0.4, -0.2) is 30.8 Å². The van der Waals surface area contributed by atoms with E-state index in [0.29, 0.717) is 10.4 Å². The van der Waals surface area contributed by atoms with E-state index in [1.54, 1.807) is 12.1 Å². The predicted octanol–water partition coefficient (Wildman–Crippen LogP) is 3.42. The zero-order valence-electron chi connectivity index (χ0n) is 15.0. The molecular formula is C20H23NO4S. The Morgan fingerprint density at radius 1 is 1.12 bits per heavy atom. The SMILES string of the molecule is CCc1ccc(CC)c(C(=O)COC(=O)CCNC(=O)c2cccs2)c1. The topological polar surface area (TPSA) is 72.5 Å². The number of esters is 1. The number of nitrogens with one attached hydrogen (secondary N) is 1. The van der Waals surface area contributed by atoms with Crippen molar-refractivity contribution in [3.05, 3.63) is 57.3 Å². The van der Waals surface area contributed by atoms with Crippen molar-refractivity contribution in [1.29, 1.82) is 0 Å². The van der Waals surface area contributed by atoms with E-state index in [-0.39, 0.29) is 31.3 Å². The van der Waals surface area contributed by atoms with Crippen LogP contribution in [0.25, 0.3) is 0 Å². The van der Waals surface area contributed by atoms with Crippen molar-refractivity contribution in [2.75, 3.05) is 13.2 Å². The van der Waals surface area contributed by atoms with Gasteiger partial charge in [-0.2, -0.15) is 0 Å². The zero-order chi connectivity index (χ0) is 18.9. The van der Waals surface area contributed by atoms with Gasteiger partial charge < -0.3 is 10.1 Å². The molecule has 0 saturated carbocycles. The Hall–Kier alpha value is -2.47. The first-order valence-corrected chi connectivity index (χ1v) is 9.55. The Balaban J connectivity index is 1.80. The maximum Gasteiger partial charge on any atom is 0.308 e. The zero-order valence-corrected chi connectivity index (χ0v) is 15.9. The Bertz CT molecular complexity index is 768. The van der Waals surface area contributed by atoms with Gasteiger partial charge in [-0.25, -0.2) is 0 Å². The molecule has 2 aromatic rings. The number of carbonyl (C=O) groups excluding carboxylic acids is 3. The lowest BCUT2D eigenvalue weighted by molar-refractivity contribution is -0.142. The standard InChI is InChI=1S/C20H23NO4S/c1-3-14-7-8-15(4-2)16(12-14)17(22)13-25-19(23)9-10-21-20(24)18-6-5-11-26-18/h5-8,11-12H,3-4,9-10,13H2,1-2H3,(H,21,24). The van der Waals surface area contributed by atoms with Crippen LogP contribution in [0.5, 0.6) is 0 Å². The number of aryl methyl sites for hydroxylation is 2. The van der Waals surface area contributed by atoms with E-state index in [9.17, 15) is 14.4 Å². The summed E-state index contributed by atoms with van der Waals surface area (Å²) in [5.41, 5.74) is 2.64. The lowest BCUT2D eigenvalue weighted by atomic mass is 9.98. The first-order chi connectivity index (χ1) is 12.5. The average molecular weight is 373 g/mol. The minimum Gasteiger partial charge on any atom is -0.457 e. The third-order valence-corrected chi connectivity index (χ3v) is 4.86. The van der Waals surface area contributed by atoms with Crippen LogP contribution < -0.4 is 5.32 Å². The average Bonchev–Trinajstić information content (AvgIpc) is 3.20. The van der Waals surface area contributed by atoms with Crippen LogP contribution in [0.4, 0.5) is 0 Å². The van der Waals surface area contributed by atoms with E-state index >= 15 is 0 Å². The molecule has 0 saturated heterocycles. The van der Waals surface area contributed by atoms with Crippen molar-refractivity contribution in [2.45, 2.75) is 33.1 Å². The summed E-state index contributed by atoms with van der Waals surface area (Å²) in [6.45, 7) is 3.91. The van der Waals surface area contributed by atoms with Crippen molar-refractivity contribution >= 4 is 29.0 Å². The largest absolute Gasteiger partial charge is 0.457 e. The summed E-state index contributed by atoms with van der Waals surface area (Å²) < 4.78 is 5.07. The second kappa shape index (κ2) is 9.87. The molecule has 0 atom stereocenters. The fourth-order valence-corrected chi connectivity index (χ4v) is 3.12. The molecule has 0 aliphatic carbocycles. The number of benzene rings is 1. The van der Waals surface area contributed by atoms with Crippen LogP contribution >= 0.6 is 11.3 Å². The number of ether oxygens (including phenoxy) is 1. The first-order valence-electron chi connectivity index (χ1n) is 8.67. The predicted molar refractivity (Wildman–Crippen MR) is 102 cm³/mol. The van der Waals surface area contributed by atoms with Crippen LogP contribution in [-0.2, 0) is 22.4 Å². The molecule has 1 aromatic carbocycles. The minimum atomic E-state index is -0.505. The van der Waals surface area contributed by atoms with E-state index in [1.165, 1.54) is 11.3 Å². The van der Waals surface area contributed by atoms with Gasteiger partial charge in [-0.05, 0) is 41.5 Å². The van der Waals surface area contributed by atoms with Crippen molar-refractivity contribution in [3.8, 4) is 0 Å². The van der Waals surface area contributed by atoms with Crippen LogP contribution in [0.3, 0.4) is 0 Å². The van der Waals surface area contributed by atoms with E-state index in [2.05, 4.69) is 5.32 Å². The summed E-state index contributed by atoms with van der Waals surface area (Å²) in [5, 5.41) is 4.47. The molecule has 2 rings (SSSR count). The smallest absolute Gasteiger partial charge is 0.308 e. The molecule has 0 spiro atoms. The number of Topliss-reactive ketones (excluding diaryl/α,β-unsaturated/α-hetero) is 1. The molecule has 26 heavy (non-hydrogen) atoms. The van der Waals surface area contributed by atoms with Crippen LogP contribution in [0.1, 0.15) is 51.4 Å². The number of hydrogen-bond donors (Lipinski definition) is 1. The third-order valence-electron chi connectivity index (χ3n) is 3.99. The third kappa shape index (κ3) is 5.52. The highest BCUT2D eigenvalue weighted by Gasteiger charge is 2.14. The molecule has 0 aliphatic heterocycles. The highest BCUT2D eigenvalue weighted by atomic mass is 32.1. The number of thiophene rings is 1. The van der Waals surface area contributed by atoms with Gasteiger partial charge >= 0.3 is 5.97 Å². The molecule has 0 aliphatic rings. The minimum absolute atomic E-state index is 0.0278. The van der Waals surface area contributed by atoms with E-state index < -0.39 is 5.97 Å². The maximum atomic E-state index is 12.4. The molecule has 138 valence electrons. The molecule has 0 radical (unpaired) electrons. The van der Waals surface area contributed by atoms with Crippen molar-refractivity contribution in [3.63, 3.8) is 0 Å². The van der Waals surface area contributed by atoms with E-state index in [4.69, 9.17) is 4.74 Å².